The average Bonchev–Trinajstić information content (AvgIpc) is 2.39. The van der Waals surface area contributed by atoms with Gasteiger partial charge in [-0.1, -0.05) is 13.8 Å². The summed E-state index contributed by atoms with van der Waals surface area (Å²) in [6, 6.07) is 3.76. The molecular weight excluding hydrogens is 330 g/mol. The number of benzene rings is 1. The van der Waals surface area contributed by atoms with Crippen LogP contribution in [0, 0.1) is 19.8 Å². The molecule has 0 saturated carbocycles. The normalized spacial score (nSPS) is 11.1. The Bertz CT molecular complexity index is 660. The predicted octanol–water partition coefficient (Wildman–Crippen LogP) is 4.01. The molecule has 3 N–H and O–H groups in total. The highest BCUT2D eigenvalue weighted by Crippen LogP contribution is 2.30. The van der Waals surface area contributed by atoms with Gasteiger partial charge in [-0.15, -0.1) is 0 Å². The van der Waals surface area contributed by atoms with E-state index >= 15 is 0 Å². The Morgan fingerprint density at radius 2 is 1.76 bits per heavy atom. The summed E-state index contributed by atoms with van der Waals surface area (Å²) in [6.07, 6.45) is 0.830. The molecule has 2 aromatic rings. The number of phenols is 1. The van der Waals surface area contributed by atoms with Crippen molar-refractivity contribution >= 4 is 21.7 Å². The average molecular weight is 350 g/mol. The minimum Gasteiger partial charge on any atom is -0.507 e. The van der Waals surface area contributed by atoms with Crippen LogP contribution in [0.15, 0.2) is 16.6 Å². The molecule has 0 spiro atoms. The van der Waals surface area contributed by atoms with Crippen molar-refractivity contribution in [1.29, 1.82) is 0 Å². The molecule has 0 bridgehead atoms. The van der Waals surface area contributed by atoms with Crippen LogP contribution in [0.1, 0.15) is 30.7 Å². The summed E-state index contributed by atoms with van der Waals surface area (Å²) in [6.45, 7) is 8.00. The largest absolute Gasteiger partial charge is 0.507 e. The molecule has 0 amide bonds. The Morgan fingerprint density at radius 3 is 2.29 bits per heavy atom. The fourth-order valence-corrected chi connectivity index (χ4v) is 2.59. The van der Waals surface area contributed by atoms with Crippen molar-refractivity contribution in [3.63, 3.8) is 0 Å². The quantitative estimate of drug-likeness (QED) is 0.877. The maximum absolute atomic E-state index is 9.88. The number of hydrogen-bond donors (Lipinski definition) is 2. The van der Waals surface area contributed by atoms with Gasteiger partial charge in [0.2, 0.25) is 0 Å². The Kier molecular flexibility index (Phi) is 4.52. The first kappa shape index (κ1) is 15.8. The van der Waals surface area contributed by atoms with Crippen molar-refractivity contribution in [2.45, 2.75) is 34.1 Å². The van der Waals surface area contributed by atoms with Crippen molar-refractivity contribution in [3.05, 3.63) is 33.4 Å². The maximum Gasteiger partial charge on any atom is 0.161 e. The number of nitrogens with two attached hydrogens (primary N) is 1. The lowest BCUT2D eigenvalue weighted by atomic mass is 10.0. The summed E-state index contributed by atoms with van der Waals surface area (Å²) in [5.41, 5.74) is 9.39. The van der Waals surface area contributed by atoms with Crippen molar-refractivity contribution in [2.75, 3.05) is 5.73 Å². The van der Waals surface area contributed by atoms with Crippen molar-refractivity contribution in [3.8, 4) is 17.1 Å². The van der Waals surface area contributed by atoms with Crippen LogP contribution >= 0.6 is 15.9 Å². The van der Waals surface area contributed by atoms with Gasteiger partial charge in [-0.25, -0.2) is 9.97 Å². The van der Waals surface area contributed by atoms with E-state index in [2.05, 4.69) is 39.7 Å². The fraction of sp³-hybridized carbons (Fsp3) is 0.375. The molecule has 1 heterocycles. The van der Waals surface area contributed by atoms with E-state index in [1.807, 2.05) is 26.0 Å². The molecule has 2 rings (SSSR count). The number of anilines is 1. The van der Waals surface area contributed by atoms with Gasteiger partial charge >= 0.3 is 0 Å². The Morgan fingerprint density at radius 1 is 1.19 bits per heavy atom. The molecular formula is C16H20BrN3O. The lowest BCUT2D eigenvalue weighted by Crippen LogP contribution is -2.06. The van der Waals surface area contributed by atoms with E-state index in [-0.39, 0.29) is 0 Å². The molecule has 4 nitrogen and oxygen atoms in total. The third kappa shape index (κ3) is 3.35. The van der Waals surface area contributed by atoms with Crippen molar-refractivity contribution in [1.82, 2.24) is 9.97 Å². The molecule has 0 fully saturated rings. The van der Waals surface area contributed by atoms with Crippen LogP contribution in [0.4, 0.5) is 5.82 Å². The Labute approximate surface area is 133 Å². The second-order valence-corrected chi connectivity index (χ2v) is 6.54. The Hall–Kier alpha value is -1.62. The number of aryl methyl sites for hydroxylation is 2. The standard InChI is InChI=1S/C16H20BrN3O/c1-8(2)5-12-13(17)15(18)20-16(19-12)11-6-9(3)14(21)10(4)7-11/h6-8,21H,5H2,1-4H3,(H2,18,19,20). The molecule has 5 heteroatoms. The van der Waals surface area contributed by atoms with Gasteiger partial charge in [-0.2, -0.15) is 0 Å². The number of aromatic nitrogens is 2. The number of rotatable bonds is 3. The van der Waals surface area contributed by atoms with Crippen LogP contribution in [0.25, 0.3) is 11.4 Å². The fourth-order valence-electron chi connectivity index (χ4n) is 2.25. The number of hydrogen-bond acceptors (Lipinski definition) is 4. The van der Waals surface area contributed by atoms with Gasteiger partial charge in [0.25, 0.3) is 0 Å². The number of aromatic hydroxyl groups is 1. The van der Waals surface area contributed by atoms with E-state index in [4.69, 9.17) is 5.73 Å². The SMILES string of the molecule is Cc1cc(-c2nc(N)c(Br)c(CC(C)C)n2)cc(C)c1O. The zero-order valence-corrected chi connectivity index (χ0v) is 14.3. The topological polar surface area (TPSA) is 72.0 Å². The van der Waals surface area contributed by atoms with Crippen LogP contribution < -0.4 is 5.73 Å². The molecule has 0 aliphatic rings. The summed E-state index contributed by atoms with van der Waals surface area (Å²) in [5.74, 6) is 1.83. The number of halogens is 1. The molecule has 0 aliphatic carbocycles. The van der Waals surface area contributed by atoms with Crippen molar-refractivity contribution in [2.24, 2.45) is 5.92 Å². The summed E-state index contributed by atoms with van der Waals surface area (Å²) >= 11 is 3.47. The zero-order chi connectivity index (χ0) is 15.7. The highest BCUT2D eigenvalue weighted by atomic mass is 79.9. The number of phenolic OH excluding ortho intramolecular Hbond substituents is 1. The first-order valence-electron chi connectivity index (χ1n) is 6.92. The second-order valence-electron chi connectivity index (χ2n) is 5.75. The molecule has 1 aromatic carbocycles. The third-order valence-corrected chi connectivity index (χ3v) is 4.16. The van der Waals surface area contributed by atoms with Crippen LogP contribution in [0.2, 0.25) is 0 Å². The number of nitrogen functional groups attached to an aromatic ring is 1. The van der Waals surface area contributed by atoms with Crippen LogP contribution in [-0.4, -0.2) is 15.1 Å². The van der Waals surface area contributed by atoms with Gasteiger partial charge in [0.1, 0.15) is 11.6 Å². The molecule has 0 radical (unpaired) electrons. The first-order valence-corrected chi connectivity index (χ1v) is 7.71. The van der Waals surface area contributed by atoms with E-state index in [9.17, 15) is 5.11 Å². The smallest absolute Gasteiger partial charge is 0.161 e. The summed E-state index contributed by atoms with van der Waals surface area (Å²) < 4.78 is 0.771. The summed E-state index contributed by atoms with van der Waals surface area (Å²) in [7, 11) is 0. The highest BCUT2D eigenvalue weighted by molar-refractivity contribution is 9.10. The van der Waals surface area contributed by atoms with Crippen LogP contribution in [0.5, 0.6) is 5.75 Å². The summed E-state index contributed by atoms with van der Waals surface area (Å²) in [4.78, 5) is 9.00. The number of nitrogens with zero attached hydrogens (tertiary/aromatic N) is 2. The van der Waals surface area contributed by atoms with Gasteiger partial charge in [0.05, 0.1) is 10.2 Å². The molecule has 0 aliphatic heterocycles. The van der Waals surface area contributed by atoms with Crippen LogP contribution in [0.3, 0.4) is 0 Å². The third-order valence-electron chi connectivity index (χ3n) is 3.30. The van der Waals surface area contributed by atoms with E-state index in [0.717, 1.165) is 33.3 Å². The van der Waals surface area contributed by atoms with Crippen molar-refractivity contribution < 1.29 is 5.11 Å². The van der Waals surface area contributed by atoms with E-state index in [1.165, 1.54) is 0 Å². The maximum atomic E-state index is 9.88. The molecule has 112 valence electrons. The van der Waals surface area contributed by atoms with Gasteiger partial charge < -0.3 is 10.8 Å². The Balaban J connectivity index is 2.57. The van der Waals surface area contributed by atoms with Crippen LogP contribution in [-0.2, 0) is 6.42 Å². The minimum atomic E-state index is 0.311. The van der Waals surface area contributed by atoms with Gasteiger partial charge in [0, 0.05) is 5.56 Å². The summed E-state index contributed by atoms with van der Waals surface area (Å²) in [5, 5.41) is 9.88. The first-order chi connectivity index (χ1) is 9.79. The highest BCUT2D eigenvalue weighted by Gasteiger charge is 2.14. The zero-order valence-electron chi connectivity index (χ0n) is 12.7. The molecule has 21 heavy (non-hydrogen) atoms. The lowest BCUT2D eigenvalue weighted by molar-refractivity contribution is 0.467. The molecule has 0 saturated heterocycles. The van der Waals surface area contributed by atoms with Gasteiger partial charge in [-0.3, -0.25) is 0 Å². The molecule has 1 aromatic heterocycles. The predicted molar refractivity (Wildman–Crippen MR) is 89.3 cm³/mol. The van der Waals surface area contributed by atoms with Gasteiger partial charge in [0.15, 0.2) is 5.82 Å². The lowest BCUT2D eigenvalue weighted by Gasteiger charge is -2.12. The monoisotopic (exact) mass is 349 g/mol. The van der Waals surface area contributed by atoms with E-state index in [0.29, 0.717) is 23.3 Å². The molecule has 0 atom stereocenters. The van der Waals surface area contributed by atoms with E-state index in [1.54, 1.807) is 0 Å². The molecule has 0 unspecified atom stereocenters. The van der Waals surface area contributed by atoms with E-state index < -0.39 is 0 Å². The minimum absolute atomic E-state index is 0.311. The van der Waals surface area contributed by atoms with Gasteiger partial charge in [-0.05, 0) is 65.4 Å². The second kappa shape index (κ2) is 6.02.